The standard InChI is InChI=1S/C26H28F2N6O2/c27-23(28)36-20-13-17(15-30-22(20)29)19-14-21-25(10-12-34(21)32-19)9-11-33(16-25)24(35)31-26(7-4-8-26)18-5-2-1-3-6-18/h1-3,5-6,13-15,23H,4,7-12,16H2,(H2,29,30)(H,31,35). The van der Waals surface area contributed by atoms with Crippen molar-refractivity contribution in [3.8, 4) is 17.0 Å². The van der Waals surface area contributed by atoms with E-state index < -0.39 is 6.61 Å². The van der Waals surface area contributed by atoms with Crippen molar-refractivity contribution in [2.24, 2.45) is 0 Å². The molecule has 6 rings (SSSR count). The number of amides is 2. The Morgan fingerprint density at radius 1 is 1.11 bits per heavy atom. The number of urea groups is 1. The van der Waals surface area contributed by atoms with Gasteiger partial charge in [-0.15, -0.1) is 0 Å². The van der Waals surface area contributed by atoms with Crippen molar-refractivity contribution in [1.29, 1.82) is 0 Å². The number of fused-ring (bicyclic) bond motifs is 2. The highest BCUT2D eigenvalue weighted by molar-refractivity contribution is 5.76. The zero-order valence-electron chi connectivity index (χ0n) is 19.8. The maximum Gasteiger partial charge on any atom is 0.387 e. The highest BCUT2D eigenvalue weighted by Crippen LogP contribution is 2.45. The fraction of sp³-hybridized carbons (Fsp3) is 0.423. The largest absolute Gasteiger partial charge is 0.431 e. The Morgan fingerprint density at radius 2 is 1.89 bits per heavy atom. The lowest BCUT2D eigenvalue weighted by Gasteiger charge is -2.44. The summed E-state index contributed by atoms with van der Waals surface area (Å²) in [4.78, 5) is 19.3. The van der Waals surface area contributed by atoms with E-state index in [9.17, 15) is 13.6 Å². The molecule has 2 amide bonds. The molecule has 0 radical (unpaired) electrons. The van der Waals surface area contributed by atoms with Crippen LogP contribution in [0.1, 0.15) is 43.4 Å². The number of nitrogen functional groups attached to an aromatic ring is 1. The van der Waals surface area contributed by atoms with Crippen LogP contribution in [0.25, 0.3) is 11.3 Å². The first-order chi connectivity index (χ1) is 17.4. The van der Waals surface area contributed by atoms with Crippen LogP contribution in [0.5, 0.6) is 5.75 Å². The van der Waals surface area contributed by atoms with Crippen molar-refractivity contribution in [1.82, 2.24) is 25.0 Å². The molecule has 2 aromatic heterocycles. The highest BCUT2D eigenvalue weighted by atomic mass is 19.3. The second-order valence-electron chi connectivity index (χ2n) is 10.1. The number of ether oxygens (including phenoxy) is 1. The first-order valence-corrected chi connectivity index (χ1v) is 12.3. The number of carbonyl (C=O) groups is 1. The Labute approximate surface area is 207 Å². The summed E-state index contributed by atoms with van der Waals surface area (Å²) in [5.41, 5.74) is 8.62. The number of pyridine rings is 1. The molecule has 3 aromatic rings. The van der Waals surface area contributed by atoms with Gasteiger partial charge in [0.1, 0.15) is 0 Å². The van der Waals surface area contributed by atoms with Crippen LogP contribution in [0.2, 0.25) is 0 Å². The molecule has 0 bridgehead atoms. The van der Waals surface area contributed by atoms with E-state index in [0.29, 0.717) is 24.3 Å². The molecule has 1 saturated heterocycles. The summed E-state index contributed by atoms with van der Waals surface area (Å²) in [5.74, 6) is -0.267. The number of carbonyl (C=O) groups excluding carboxylic acids is 1. The van der Waals surface area contributed by atoms with Crippen LogP contribution in [0.15, 0.2) is 48.7 Å². The summed E-state index contributed by atoms with van der Waals surface area (Å²) in [5, 5.41) is 8.04. The van der Waals surface area contributed by atoms with Gasteiger partial charge in [0.15, 0.2) is 11.6 Å². The summed E-state index contributed by atoms with van der Waals surface area (Å²) < 4.78 is 31.9. The lowest BCUT2D eigenvalue weighted by atomic mass is 9.72. The Kier molecular flexibility index (Phi) is 5.35. The predicted octanol–water partition coefficient (Wildman–Crippen LogP) is 4.26. The van der Waals surface area contributed by atoms with Crippen molar-refractivity contribution in [3.63, 3.8) is 0 Å². The maximum atomic E-state index is 13.4. The van der Waals surface area contributed by atoms with E-state index in [0.717, 1.165) is 49.9 Å². The SMILES string of the molecule is Nc1ncc(-c2cc3n(n2)CCC32CCN(C(=O)NC3(c4ccccc4)CCC3)C2)cc1OC(F)F. The number of hydrogen-bond acceptors (Lipinski definition) is 5. The van der Waals surface area contributed by atoms with E-state index in [4.69, 9.17) is 10.8 Å². The van der Waals surface area contributed by atoms with Crippen LogP contribution in [-0.4, -0.2) is 45.4 Å². The second-order valence-corrected chi connectivity index (χ2v) is 10.1. The Morgan fingerprint density at radius 3 is 2.61 bits per heavy atom. The Hall–Kier alpha value is -3.69. The Balaban J connectivity index is 1.20. The quantitative estimate of drug-likeness (QED) is 0.552. The summed E-state index contributed by atoms with van der Waals surface area (Å²) in [6.07, 6.45) is 6.27. The number of benzene rings is 1. The number of nitrogens with zero attached hydrogens (tertiary/aromatic N) is 4. The number of nitrogens with two attached hydrogens (primary N) is 1. The molecule has 1 unspecified atom stereocenters. The zero-order chi connectivity index (χ0) is 24.9. The first kappa shape index (κ1) is 22.8. The summed E-state index contributed by atoms with van der Waals surface area (Å²) in [7, 11) is 0. The van der Waals surface area contributed by atoms with Gasteiger partial charge in [-0.3, -0.25) is 4.68 Å². The van der Waals surface area contributed by atoms with Crippen LogP contribution >= 0.6 is 0 Å². The number of halogens is 2. The molecule has 10 heteroatoms. The van der Waals surface area contributed by atoms with Crippen molar-refractivity contribution in [2.75, 3.05) is 18.8 Å². The molecule has 1 saturated carbocycles. The number of anilines is 1. The molecule has 2 aliphatic heterocycles. The third-order valence-corrected chi connectivity index (χ3v) is 8.04. The molecular weight excluding hydrogens is 466 g/mol. The van der Waals surface area contributed by atoms with Crippen LogP contribution in [0.3, 0.4) is 0 Å². The molecule has 188 valence electrons. The van der Waals surface area contributed by atoms with Crippen LogP contribution in [-0.2, 0) is 17.5 Å². The van der Waals surface area contributed by atoms with Gasteiger partial charge in [-0.2, -0.15) is 13.9 Å². The van der Waals surface area contributed by atoms with E-state index >= 15 is 0 Å². The van der Waals surface area contributed by atoms with Crippen LogP contribution in [0.4, 0.5) is 19.4 Å². The van der Waals surface area contributed by atoms with Crippen molar-refractivity contribution >= 4 is 11.8 Å². The molecule has 36 heavy (non-hydrogen) atoms. The van der Waals surface area contributed by atoms with Gasteiger partial charge in [0.25, 0.3) is 0 Å². The van der Waals surface area contributed by atoms with E-state index in [1.165, 1.54) is 12.3 Å². The van der Waals surface area contributed by atoms with E-state index in [2.05, 4.69) is 27.2 Å². The second kappa shape index (κ2) is 8.46. The molecule has 1 spiro atoms. The van der Waals surface area contributed by atoms with Crippen molar-refractivity contribution in [2.45, 2.75) is 56.2 Å². The molecule has 3 aliphatic rings. The van der Waals surface area contributed by atoms with Gasteiger partial charge in [0.05, 0.1) is 11.2 Å². The first-order valence-electron chi connectivity index (χ1n) is 12.3. The number of rotatable bonds is 5. The summed E-state index contributed by atoms with van der Waals surface area (Å²) in [6.45, 7) is -0.959. The number of hydrogen-bond donors (Lipinski definition) is 2. The number of likely N-dealkylation sites (tertiary alicyclic amines) is 1. The fourth-order valence-corrected chi connectivity index (χ4v) is 5.90. The lowest BCUT2D eigenvalue weighted by Crippen LogP contribution is -2.54. The van der Waals surface area contributed by atoms with Gasteiger partial charge < -0.3 is 20.7 Å². The molecule has 1 atom stereocenters. The summed E-state index contributed by atoms with van der Waals surface area (Å²) in [6, 6.07) is 13.6. The van der Waals surface area contributed by atoms with Gasteiger partial charge >= 0.3 is 12.6 Å². The molecule has 3 N–H and O–H groups in total. The van der Waals surface area contributed by atoms with E-state index in [-0.39, 0.29) is 28.6 Å². The number of aromatic nitrogens is 3. The molecule has 8 nitrogen and oxygen atoms in total. The van der Waals surface area contributed by atoms with Crippen LogP contribution in [0, 0.1) is 0 Å². The van der Waals surface area contributed by atoms with Gasteiger partial charge in [0.2, 0.25) is 0 Å². The Bertz CT molecular complexity index is 1290. The monoisotopic (exact) mass is 494 g/mol. The minimum absolute atomic E-state index is 0.0230. The average Bonchev–Trinajstić information content (AvgIpc) is 3.55. The van der Waals surface area contributed by atoms with Crippen molar-refractivity contribution < 1.29 is 18.3 Å². The topological polar surface area (TPSA) is 98.3 Å². The van der Waals surface area contributed by atoms with Gasteiger partial charge in [0, 0.05) is 42.5 Å². The number of alkyl halides is 2. The summed E-state index contributed by atoms with van der Waals surface area (Å²) >= 11 is 0. The third-order valence-electron chi connectivity index (χ3n) is 8.04. The number of aryl methyl sites for hydroxylation is 1. The van der Waals surface area contributed by atoms with E-state index in [1.807, 2.05) is 33.8 Å². The lowest BCUT2D eigenvalue weighted by molar-refractivity contribution is -0.0494. The van der Waals surface area contributed by atoms with Gasteiger partial charge in [-0.25, -0.2) is 9.78 Å². The highest BCUT2D eigenvalue weighted by Gasteiger charge is 2.48. The smallest absolute Gasteiger partial charge is 0.387 e. The van der Waals surface area contributed by atoms with Gasteiger partial charge in [-0.05, 0) is 49.8 Å². The normalized spacial score (nSPS) is 22.0. The molecular formula is C26H28F2N6O2. The van der Waals surface area contributed by atoms with Gasteiger partial charge in [-0.1, -0.05) is 30.3 Å². The molecule has 1 aromatic carbocycles. The average molecular weight is 495 g/mol. The minimum atomic E-state index is -2.99. The third kappa shape index (κ3) is 3.75. The predicted molar refractivity (Wildman–Crippen MR) is 129 cm³/mol. The molecule has 1 aliphatic carbocycles. The maximum absolute atomic E-state index is 13.4. The molecule has 4 heterocycles. The minimum Gasteiger partial charge on any atom is -0.431 e. The zero-order valence-corrected chi connectivity index (χ0v) is 19.8. The van der Waals surface area contributed by atoms with E-state index in [1.54, 1.807) is 0 Å². The fourth-order valence-electron chi connectivity index (χ4n) is 5.90. The van der Waals surface area contributed by atoms with Crippen molar-refractivity contribution in [3.05, 3.63) is 59.9 Å². The van der Waals surface area contributed by atoms with Crippen LogP contribution < -0.4 is 15.8 Å². The number of nitrogens with one attached hydrogen (secondary N) is 1. The molecule has 2 fully saturated rings.